The summed E-state index contributed by atoms with van der Waals surface area (Å²) in [6, 6.07) is 1.49. The molecule has 0 radical (unpaired) electrons. The van der Waals surface area contributed by atoms with Crippen molar-refractivity contribution in [3.63, 3.8) is 0 Å². The summed E-state index contributed by atoms with van der Waals surface area (Å²) in [6.07, 6.45) is 1.44. The Kier molecular flexibility index (Phi) is 1.34. The number of fused-ring (bicyclic) bond motifs is 1. The molecule has 0 atom stereocenters. The summed E-state index contributed by atoms with van der Waals surface area (Å²) in [6.45, 7) is 0. The van der Waals surface area contributed by atoms with Crippen molar-refractivity contribution >= 4 is 17.1 Å². The Morgan fingerprint density at radius 3 is 2.75 bits per heavy atom. The highest BCUT2D eigenvalue weighted by molar-refractivity contribution is 6.33. The van der Waals surface area contributed by atoms with Crippen LogP contribution in [0.2, 0.25) is 5.02 Å². The number of hydrogen-bond donors (Lipinski definition) is 2. The zero-order chi connectivity index (χ0) is 8.72. The average molecular weight is 186 g/mol. The van der Waals surface area contributed by atoms with E-state index in [1.807, 2.05) is 0 Å². The zero-order valence-electron chi connectivity index (χ0n) is 5.80. The molecule has 0 amide bonds. The lowest BCUT2D eigenvalue weighted by Gasteiger charge is -1.90. The van der Waals surface area contributed by atoms with Crippen molar-refractivity contribution in [3.05, 3.63) is 38.1 Å². The maximum absolute atomic E-state index is 11.1. The minimum absolute atomic E-state index is 0.167. The maximum atomic E-state index is 11.1. The van der Waals surface area contributed by atoms with Gasteiger partial charge in [0.25, 0.3) is 5.56 Å². The van der Waals surface area contributed by atoms with E-state index >= 15 is 0 Å². The van der Waals surface area contributed by atoms with Crippen LogP contribution in [0.25, 0.3) is 5.52 Å². The van der Waals surface area contributed by atoms with Crippen molar-refractivity contribution in [2.75, 3.05) is 0 Å². The van der Waals surface area contributed by atoms with E-state index in [0.717, 1.165) is 4.40 Å². The topological polar surface area (TPSA) is 70.1 Å². The molecule has 6 heteroatoms. The highest BCUT2D eigenvalue weighted by Gasteiger charge is 2.05. The second-order valence-electron chi connectivity index (χ2n) is 2.27. The van der Waals surface area contributed by atoms with Crippen LogP contribution in [0.1, 0.15) is 0 Å². The van der Waals surface area contributed by atoms with Crippen molar-refractivity contribution in [1.82, 2.24) is 14.6 Å². The standard InChI is InChI=1S/C6H4ClN3O2/c7-3-1-2-10-4(3)5(11)8-9-6(10)12/h1-2H,(H,8,11)(H,9,12). The SMILES string of the molecule is O=c1[nH][nH]c(=O)n2ccc(Cl)c12. The fourth-order valence-electron chi connectivity index (χ4n) is 1.03. The largest absolute Gasteiger partial charge is 0.344 e. The van der Waals surface area contributed by atoms with E-state index in [1.165, 1.54) is 12.3 Å². The number of halogens is 1. The smallest absolute Gasteiger partial charge is 0.266 e. The van der Waals surface area contributed by atoms with Crippen LogP contribution < -0.4 is 11.2 Å². The molecular formula is C6H4ClN3O2. The van der Waals surface area contributed by atoms with Gasteiger partial charge in [0.1, 0.15) is 5.52 Å². The van der Waals surface area contributed by atoms with Crippen LogP contribution in [0.15, 0.2) is 21.9 Å². The second-order valence-corrected chi connectivity index (χ2v) is 2.67. The molecule has 0 spiro atoms. The van der Waals surface area contributed by atoms with E-state index < -0.39 is 11.2 Å². The van der Waals surface area contributed by atoms with Gasteiger partial charge in [-0.25, -0.2) is 9.89 Å². The lowest BCUT2D eigenvalue weighted by Crippen LogP contribution is -2.24. The van der Waals surface area contributed by atoms with E-state index in [1.54, 1.807) is 0 Å². The Morgan fingerprint density at radius 1 is 1.33 bits per heavy atom. The van der Waals surface area contributed by atoms with E-state index in [2.05, 4.69) is 10.2 Å². The van der Waals surface area contributed by atoms with E-state index in [-0.39, 0.29) is 10.5 Å². The summed E-state index contributed by atoms with van der Waals surface area (Å²) in [5.41, 5.74) is -0.665. The Bertz CT molecular complexity index is 535. The normalized spacial score (nSPS) is 10.8. The van der Waals surface area contributed by atoms with Crippen LogP contribution in [0.4, 0.5) is 0 Å². The summed E-state index contributed by atoms with van der Waals surface area (Å²) in [7, 11) is 0. The summed E-state index contributed by atoms with van der Waals surface area (Å²) < 4.78 is 1.15. The van der Waals surface area contributed by atoms with Crippen LogP contribution >= 0.6 is 11.6 Å². The van der Waals surface area contributed by atoms with Gasteiger partial charge in [0.05, 0.1) is 5.02 Å². The molecule has 0 aliphatic rings. The average Bonchev–Trinajstić information content (AvgIpc) is 2.42. The van der Waals surface area contributed by atoms with Crippen LogP contribution in [-0.4, -0.2) is 14.6 Å². The van der Waals surface area contributed by atoms with Gasteiger partial charge < -0.3 is 0 Å². The molecule has 0 fully saturated rings. The first kappa shape index (κ1) is 7.17. The third-order valence-corrected chi connectivity index (χ3v) is 1.86. The predicted molar refractivity (Wildman–Crippen MR) is 43.6 cm³/mol. The summed E-state index contributed by atoms with van der Waals surface area (Å²) in [5.74, 6) is 0. The van der Waals surface area contributed by atoms with E-state index in [0.29, 0.717) is 0 Å². The van der Waals surface area contributed by atoms with Gasteiger partial charge in [-0.05, 0) is 6.07 Å². The molecule has 0 saturated heterocycles. The molecule has 62 valence electrons. The van der Waals surface area contributed by atoms with E-state index in [9.17, 15) is 9.59 Å². The third-order valence-electron chi connectivity index (χ3n) is 1.55. The fraction of sp³-hybridized carbons (Fsp3) is 0. The van der Waals surface area contributed by atoms with Crippen LogP contribution in [0.5, 0.6) is 0 Å². The molecular weight excluding hydrogens is 182 g/mol. The third kappa shape index (κ3) is 0.799. The van der Waals surface area contributed by atoms with Gasteiger partial charge in [0, 0.05) is 6.20 Å². The van der Waals surface area contributed by atoms with Gasteiger partial charge in [-0.15, -0.1) is 0 Å². The summed E-state index contributed by atoms with van der Waals surface area (Å²) in [4.78, 5) is 22.1. The van der Waals surface area contributed by atoms with Crippen LogP contribution in [0, 0.1) is 0 Å². The summed E-state index contributed by atoms with van der Waals surface area (Å²) >= 11 is 5.66. The Labute approximate surface area is 70.6 Å². The highest BCUT2D eigenvalue weighted by Crippen LogP contribution is 2.11. The monoisotopic (exact) mass is 185 g/mol. The molecule has 0 aromatic carbocycles. The molecule has 2 rings (SSSR count). The van der Waals surface area contributed by atoms with Crippen LogP contribution in [-0.2, 0) is 0 Å². The van der Waals surface area contributed by atoms with Crippen molar-refractivity contribution in [1.29, 1.82) is 0 Å². The molecule has 0 bridgehead atoms. The molecule has 2 heterocycles. The number of rotatable bonds is 0. The second kappa shape index (κ2) is 2.25. The first-order chi connectivity index (χ1) is 5.70. The van der Waals surface area contributed by atoms with Gasteiger partial charge >= 0.3 is 5.69 Å². The molecule has 2 N–H and O–H groups in total. The van der Waals surface area contributed by atoms with E-state index in [4.69, 9.17) is 11.6 Å². The lowest BCUT2D eigenvalue weighted by molar-refractivity contribution is 0.866. The first-order valence-corrected chi connectivity index (χ1v) is 3.55. The molecule has 12 heavy (non-hydrogen) atoms. The number of aromatic nitrogens is 3. The number of aromatic amines is 2. The lowest BCUT2D eigenvalue weighted by atomic mass is 10.5. The molecule has 0 aliphatic heterocycles. The van der Waals surface area contributed by atoms with Gasteiger partial charge in [-0.1, -0.05) is 11.6 Å². The summed E-state index contributed by atoms with van der Waals surface area (Å²) in [5, 5.41) is 4.60. The van der Waals surface area contributed by atoms with Gasteiger partial charge in [-0.2, -0.15) is 0 Å². The first-order valence-electron chi connectivity index (χ1n) is 3.17. The predicted octanol–water partition coefficient (Wildman–Crippen LogP) is -0.0307. The molecule has 0 unspecified atom stereocenters. The van der Waals surface area contributed by atoms with Crippen molar-refractivity contribution in [2.45, 2.75) is 0 Å². The fourth-order valence-corrected chi connectivity index (χ4v) is 1.26. The van der Waals surface area contributed by atoms with Crippen molar-refractivity contribution in [3.8, 4) is 0 Å². The van der Waals surface area contributed by atoms with Gasteiger partial charge in [-0.3, -0.25) is 14.3 Å². The van der Waals surface area contributed by atoms with Crippen molar-refractivity contribution in [2.24, 2.45) is 0 Å². The molecule has 0 saturated carbocycles. The van der Waals surface area contributed by atoms with Crippen LogP contribution in [0.3, 0.4) is 0 Å². The Hall–Kier alpha value is -1.49. The molecule has 5 nitrogen and oxygen atoms in total. The van der Waals surface area contributed by atoms with Gasteiger partial charge in [0.2, 0.25) is 0 Å². The molecule has 0 aliphatic carbocycles. The minimum Gasteiger partial charge on any atom is -0.266 e. The quantitative estimate of drug-likeness (QED) is 0.605. The van der Waals surface area contributed by atoms with Crippen molar-refractivity contribution < 1.29 is 0 Å². The number of nitrogens with one attached hydrogen (secondary N) is 2. The Morgan fingerprint density at radius 2 is 2.08 bits per heavy atom. The number of nitrogens with zero attached hydrogens (tertiary/aromatic N) is 1. The highest BCUT2D eigenvalue weighted by atomic mass is 35.5. The Balaban J connectivity index is 3.20. The minimum atomic E-state index is -0.420. The van der Waals surface area contributed by atoms with Gasteiger partial charge in [0.15, 0.2) is 0 Å². The molecule has 2 aromatic rings. The molecule has 2 aromatic heterocycles. The zero-order valence-corrected chi connectivity index (χ0v) is 6.55. The number of H-pyrrole nitrogens is 2. The number of hydrogen-bond acceptors (Lipinski definition) is 2. The maximum Gasteiger partial charge on any atom is 0.344 e.